The Hall–Kier alpha value is -1.87. The highest BCUT2D eigenvalue weighted by atomic mass is 35.5. The van der Waals surface area contributed by atoms with Crippen molar-refractivity contribution in [1.82, 2.24) is 0 Å². The van der Waals surface area contributed by atoms with Crippen LogP contribution >= 0.6 is 11.6 Å². The predicted molar refractivity (Wildman–Crippen MR) is 95.3 cm³/mol. The summed E-state index contributed by atoms with van der Waals surface area (Å²) in [7, 11) is 0. The minimum absolute atomic E-state index is 0.747. The molecule has 0 bridgehead atoms. The summed E-state index contributed by atoms with van der Waals surface area (Å²) in [5, 5.41) is 7.45. The quantitative estimate of drug-likeness (QED) is 0.635. The van der Waals surface area contributed by atoms with Gasteiger partial charge in [-0.2, -0.15) is 0 Å². The van der Waals surface area contributed by atoms with Crippen LogP contribution < -0.4 is 15.4 Å². The summed E-state index contributed by atoms with van der Waals surface area (Å²) in [6, 6.07) is 15.8. The third-order valence-electron chi connectivity index (χ3n) is 3.23. The largest absolute Gasteiger partial charge is 0.494 e. The van der Waals surface area contributed by atoms with Crippen LogP contribution in [0.1, 0.15) is 19.8 Å². The van der Waals surface area contributed by atoms with Gasteiger partial charge in [0.15, 0.2) is 0 Å². The molecule has 0 aromatic heterocycles. The van der Waals surface area contributed by atoms with Crippen LogP contribution in [-0.4, -0.2) is 19.7 Å². The Morgan fingerprint density at radius 2 is 1.68 bits per heavy atom. The van der Waals surface area contributed by atoms with Gasteiger partial charge in [0.05, 0.1) is 6.61 Å². The van der Waals surface area contributed by atoms with E-state index in [0.29, 0.717) is 0 Å². The van der Waals surface area contributed by atoms with Crippen LogP contribution in [0.15, 0.2) is 48.5 Å². The Labute approximate surface area is 137 Å². The zero-order valence-electron chi connectivity index (χ0n) is 12.9. The number of halogens is 1. The fourth-order valence-electron chi connectivity index (χ4n) is 2.02. The van der Waals surface area contributed by atoms with Crippen LogP contribution in [-0.2, 0) is 0 Å². The first-order valence-corrected chi connectivity index (χ1v) is 8.12. The van der Waals surface area contributed by atoms with Crippen molar-refractivity contribution in [2.75, 3.05) is 30.3 Å². The van der Waals surface area contributed by atoms with Crippen LogP contribution in [0.5, 0.6) is 5.75 Å². The van der Waals surface area contributed by atoms with Crippen molar-refractivity contribution in [3.63, 3.8) is 0 Å². The van der Waals surface area contributed by atoms with Crippen LogP contribution in [0.2, 0.25) is 5.02 Å². The standard InChI is InChI=1S/C18H23ClN2O/c1-2-3-13-22-18-9-7-16(8-10-18)20-11-12-21-17-6-4-5-15(19)14-17/h4-10,14,20-21H,2-3,11-13H2,1H3. The molecule has 2 aromatic rings. The van der Waals surface area contributed by atoms with Gasteiger partial charge >= 0.3 is 0 Å². The van der Waals surface area contributed by atoms with Crippen molar-refractivity contribution in [3.05, 3.63) is 53.6 Å². The van der Waals surface area contributed by atoms with Crippen molar-refractivity contribution in [1.29, 1.82) is 0 Å². The highest BCUT2D eigenvalue weighted by molar-refractivity contribution is 6.30. The van der Waals surface area contributed by atoms with Gasteiger partial charge in [0, 0.05) is 29.5 Å². The molecular weight excluding hydrogens is 296 g/mol. The van der Waals surface area contributed by atoms with Crippen LogP contribution in [0.3, 0.4) is 0 Å². The second-order valence-electron chi connectivity index (χ2n) is 5.09. The summed E-state index contributed by atoms with van der Waals surface area (Å²) < 4.78 is 5.64. The topological polar surface area (TPSA) is 33.3 Å². The second-order valence-corrected chi connectivity index (χ2v) is 5.53. The van der Waals surface area contributed by atoms with Crippen molar-refractivity contribution < 1.29 is 4.74 Å². The molecule has 4 heteroatoms. The minimum atomic E-state index is 0.747. The van der Waals surface area contributed by atoms with E-state index in [9.17, 15) is 0 Å². The Bertz CT molecular complexity index is 557. The molecule has 0 heterocycles. The molecule has 0 fully saturated rings. The number of nitrogens with one attached hydrogen (secondary N) is 2. The van der Waals surface area contributed by atoms with Gasteiger partial charge in [-0.1, -0.05) is 31.0 Å². The Morgan fingerprint density at radius 3 is 2.36 bits per heavy atom. The molecule has 0 atom stereocenters. The fourth-order valence-corrected chi connectivity index (χ4v) is 2.21. The molecule has 0 aliphatic rings. The second kappa shape index (κ2) is 9.21. The molecule has 0 saturated carbocycles. The molecule has 0 saturated heterocycles. The molecule has 0 radical (unpaired) electrons. The smallest absolute Gasteiger partial charge is 0.119 e. The molecule has 0 unspecified atom stereocenters. The molecule has 2 N–H and O–H groups in total. The molecule has 22 heavy (non-hydrogen) atoms. The summed E-state index contributed by atoms with van der Waals surface area (Å²) in [5.74, 6) is 0.927. The number of benzene rings is 2. The molecule has 0 amide bonds. The molecule has 118 valence electrons. The lowest BCUT2D eigenvalue weighted by molar-refractivity contribution is 0.309. The van der Waals surface area contributed by atoms with E-state index in [0.717, 1.165) is 54.7 Å². The van der Waals surface area contributed by atoms with Gasteiger partial charge in [-0.15, -0.1) is 0 Å². The molecule has 0 aliphatic heterocycles. The number of rotatable bonds is 9. The maximum absolute atomic E-state index is 5.95. The number of ether oxygens (including phenoxy) is 1. The molecule has 2 rings (SSSR count). The summed E-state index contributed by atoms with van der Waals surface area (Å²) >= 11 is 5.95. The first kappa shape index (κ1) is 16.5. The van der Waals surface area contributed by atoms with E-state index < -0.39 is 0 Å². The van der Waals surface area contributed by atoms with Gasteiger partial charge in [-0.05, 0) is 48.9 Å². The predicted octanol–water partition coefficient (Wildman–Crippen LogP) is 5.04. The Morgan fingerprint density at radius 1 is 0.955 bits per heavy atom. The van der Waals surface area contributed by atoms with E-state index in [4.69, 9.17) is 16.3 Å². The van der Waals surface area contributed by atoms with Gasteiger partial charge < -0.3 is 15.4 Å². The highest BCUT2D eigenvalue weighted by Crippen LogP contribution is 2.16. The van der Waals surface area contributed by atoms with Crippen LogP contribution in [0.25, 0.3) is 0 Å². The van der Waals surface area contributed by atoms with Gasteiger partial charge in [0.2, 0.25) is 0 Å². The zero-order valence-corrected chi connectivity index (χ0v) is 13.7. The average Bonchev–Trinajstić information content (AvgIpc) is 2.53. The summed E-state index contributed by atoms with van der Waals surface area (Å²) in [6.07, 6.45) is 2.24. The lowest BCUT2D eigenvalue weighted by atomic mass is 10.3. The van der Waals surface area contributed by atoms with Crippen molar-refractivity contribution in [2.45, 2.75) is 19.8 Å². The van der Waals surface area contributed by atoms with E-state index in [-0.39, 0.29) is 0 Å². The van der Waals surface area contributed by atoms with Crippen molar-refractivity contribution in [2.24, 2.45) is 0 Å². The summed E-state index contributed by atoms with van der Waals surface area (Å²) in [4.78, 5) is 0. The average molecular weight is 319 g/mol. The van der Waals surface area contributed by atoms with Gasteiger partial charge in [-0.25, -0.2) is 0 Å². The van der Waals surface area contributed by atoms with E-state index in [2.05, 4.69) is 17.6 Å². The number of hydrogen-bond donors (Lipinski definition) is 2. The van der Waals surface area contributed by atoms with Gasteiger partial charge in [-0.3, -0.25) is 0 Å². The molecule has 0 spiro atoms. The monoisotopic (exact) mass is 318 g/mol. The Balaban J connectivity index is 1.68. The number of anilines is 2. The van der Waals surface area contributed by atoms with E-state index >= 15 is 0 Å². The summed E-state index contributed by atoms with van der Waals surface area (Å²) in [5.41, 5.74) is 2.13. The first-order valence-electron chi connectivity index (χ1n) is 7.74. The van der Waals surface area contributed by atoms with Crippen molar-refractivity contribution >= 4 is 23.0 Å². The lowest BCUT2D eigenvalue weighted by Gasteiger charge is -2.10. The van der Waals surface area contributed by atoms with E-state index in [1.54, 1.807) is 0 Å². The lowest BCUT2D eigenvalue weighted by Crippen LogP contribution is -2.13. The zero-order chi connectivity index (χ0) is 15.6. The highest BCUT2D eigenvalue weighted by Gasteiger charge is 1.96. The molecule has 2 aromatic carbocycles. The Kier molecular flexibility index (Phi) is 6.91. The van der Waals surface area contributed by atoms with Gasteiger partial charge in [0.25, 0.3) is 0 Å². The fraction of sp³-hybridized carbons (Fsp3) is 0.333. The van der Waals surface area contributed by atoms with E-state index in [1.807, 2.05) is 48.5 Å². The summed E-state index contributed by atoms with van der Waals surface area (Å²) in [6.45, 7) is 4.61. The first-order chi connectivity index (χ1) is 10.8. The minimum Gasteiger partial charge on any atom is -0.494 e. The molecular formula is C18H23ClN2O. The third-order valence-corrected chi connectivity index (χ3v) is 3.46. The third kappa shape index (κ3) is 5.86. The normalized spacial score (nSPS) is 10.3. The number of unbranched alkanes of at least 4 members (excludes halogenated alkanes) is 1. The van der Waals surface area contributed by atoms with Crippen LogP contribution in [0.4, 0.5) is 11.4 Å². The van der Waals surface area contributed by atoms with Crippen molar-refractivity contribution in [3.8, 4) is 5.75 Å². The number of hydrogen-bond acceptors (Lipinski definition) is 3. The maximum atomic E-state index is 5.95. The van der Waals surface area contributed by atoms with Crippen LogP contribution in [0, 0.1) is 0 Å². The maximum Gasteiger partial charge on any atom is 0.119 e. The van der Waals surface area contributed by atoms with Gasteiger partial charge in [0.1, 0.15) is 5.75 Å². The SMILES string of the molecule is CCCCOc1ccc(NCCNc2cccc(Cl)c2)cc1. The molecule has 3 nitrogen and oxygen atoms in total. The van der Waals surface area contributed by atoms with E-state index in [1.165, 1.54) is 0 Å². The molecule has 0 aliphatic carbocycles.